The van der Waals surface area contributed by atoms with Crippen molar-refractivity contribution in [1.29, 1.82) is 0 Å². The van der Waals surface area contributed by atoms with Crippen LogP contribution in [0.2, 0.25) is 0 Å². The van der Waals surface area contributed by atoms with Crippen LogP contribution < -0.4 is 11.0 Å². The van der Waals surface area contributed by atoms with E-state index in [1.54, 1.807) is 4.90 Å². The van der Waals surface area contributed by atoms with Crippen molar-refractivity contribution in [2.24, 2.45) is 7.05 Å². The summed E-state index contributed by atoms with van der Waals surface area (Å²) in [4.78, 5) is 42.7. The van der Waals surface area contributed by atoms with Crippen LogP contribution in [0.4, 0.5) is 5.69 Å². The van der Waals surface area contributed by atoms with Crippen LogP contribution in [0.1, 0.15) is 34.6 Å². The number of likely N-dealkylation sites (tertiary alicyclic amines) is 1. The molecule has 31 heavy (non-hydrogen) atoms. The highest BCUT2D eigenvalue weighted by Crippen LogP contribution is 2.49. The van der Waals surface area contributed by atoms with Gasteiger partial charge in [0.1, 0.15) is 0 Å². The number of amides is 2. The summed E-state index contributed by atoms with van der Waals surface area (Å²) < 4.78 is 1.11. The van der Waals surface area contributed by atoms with E-state index in [4.69, 9.17) is 0 Å². The third-order valence-corrected chi connectivity index (χ3v) is 6.54. The molecule has 3 aromatic rings. The van der Waals surface area contributed by atoms with Gasteiger partial charge in [0.2, 0.25) is 11.7 Å². The van der Waals surface area contributed by atoms with E-state index >= 15 is 0 Å². The smallest absolute Gasteiger partial charge is 0.331 e. The molecule has 0 saturated carbocycles. The van der Waals surface area contributed by atoms with Crippen molar-refractivity contribution < 1.29 is 9.59 Å². The molecule has 158 valence electrons. The SMILES string of the molecule is Cn1nc(C(=O)N2CC[C@]3(C(=O)Nc4ccccc43)[C@@H]2CCc2ccccc2)[nH]c1=O. The molecule has 1 spiro atoms. The molecule has 0 unspecified atom stereocenters. The minimum absolute atomic E-state index is 0.000881. The summed E-state index contributed by atoms with van der Waals surface area (Å²) in [7, 11) is 1.49. The minimum Gasteiger partial charge on any atom is -0.331 e. The first kappa shape index (κ1) is 19.3. The molecule has 3 heterocycles. The number of nitrogens with one attached hydrogen (secondary N) is 2. The number of benzene rings is 2. The molecule has 0 aliphatic carbocycles. The molecule has 2 amide bonds. The number of anilines is 1. The third kappa shape index (κ3) is 2.98. The van der Waals surface area contributed by atoms with Gasteiger partial charge in [-0.1, -0.05) is 48.5 Å². The van der Waals surface area contributed by atoms with E-state index in [2.05, 4.69) is 15.4 Å². The van der Waals surface area contributed by atoms with Crippen LogP contribution in [0.3, 0.4) is 0 Å². The van der Waals surface area contributed by atoms with Gasteiger partial charge in [-0.05, 0) is 36.5 Å². The van der Waals surface area contributed by atoms with Crippen LogP contribution >= 0.6 is 0 Å². The zero-order valence-corrected chi connectivity index (χ0v) is 17.2. The first-order valence-electron chi connectivity index (χ1n) is 10.4. The summed E-state index contributed by atoms with van der Waals surface area (Å²) in [6, 6.07) is 17.4. The Balaban J connectivity index is 1.55. The average Bonchev–Trinajstić information content (AvgIpc) is 3.42. The molecule has 2 aliphatic heterocycles. The number of aryl methyl sites for hydroxylation is 2. The Labute approximate surface area is 178 Å². The fourth-order valence-corrected chi connectivity index (χ4v) is 5.03. The lowest BCUT2D eigenvalue weighted by Crippen LogP contribution is -2.49. The highest BCUT2D eigenvalue weighted by molar-refractivity contribution is 6.08. The number of hydrogen-bond acceptors (Lipinski definition) is 4. The molecule has 2 N–H and O–H groups in total. The second kappa shape index (κ2) is 7.23. The minimum atomic E-state index is -0.809. The van der Waals surface area contributed by atoms with Gasteiger partial charge in [-0.3, -0.25) is 14.6 Å². The largest absolute Gasteiger partial charge is 0.343 e. The number of rotatable bonds is 4. The molecule has 8 heteroatoms. The molecule has 5 rings (SSSR count). The fraction of sp³-hybridized carbons (Fsp3) is 0.304. The Bertz CT molecular complexity index is 1220. The van der Waals surface area contributed by atoms with E-state index < -0.39 is 11.1 Å². The number of H-pyrrole nitrogens is 1. The number of aromatic amines is 1. The number of carbonyl (C=O) groups excluding carboxylic acids is 2. The quantitative estimate of drug-likeness (QED) is 0.677. The van der Waals surface area contributed by atoms with Crippen LogP contribution in [0.5, 0.6) is 0 Å². The van der Waals surface area contributed by atoms with Gasteiger partial charge in [0.25, 0.3) is 5.91 Å². The zero-order valence-electron chi connectivity index (χ0n) is 17.2. The first-order valence-corrected chi connectivity index (χ1v) is 10.4. The van der Waals surface area contributed by atoms with Crippen LogP contribution in [-0.2, 0) is 23.7 Å². The van der Waals surface area contributed by atoms with E-state index in [-0.39, 0.29) is 23.7 Å². The van der Waals surface area contributed by atoms with Gasteiger partial charge in [0, 0.05) is 19.3 Å². The normalized spacial score (nSPS) is 22.0. The van der Waals surface area contributed by atoms with Gasteiger partial charge in [0.15, 0.2) is 0 Å². The molecule has 8 nitrogen and oxygen atoms in total. The third-order valence-electron chi connectivity index (χ3n) is 6.54. The second-order valence-electron chi connectivity index (χ2n) is 8.16. The molecule has 0 bridgehead atoms. The number of carbonyl (C=O) groups is 2. The van der Waals surface area contributed by atoms with Gasteiger partial charge in [-0.15, -0.1) is 5.10 Å². The van der Waals surface area contributed by atoms with Gasteiger partial charge in [-0.2, -0.15) is 0 Å². The number of nitrogens with zero attached hydrogens (tertiary/aromatic N) is 3. The summed E-state index contributed by atoms with van der Waals surface area (Å²) in [5.74, 6) is -0.428. The summed E-state index contributed by atoms with van der Waals surface area (Å²) >= 11 is 0. The Hall–Kier alpha value is -3.68. The summed E-state index contributed by atoms with van der Waals surface area (Å²) in [6.07, 6.45) is 1.87. The maximum atomic E-state index is 13.3. The lowest BCUT2D eigenvalue weighted by Gasteiger charge is -2.33. The number of fused-ring (bicyclic) bond motifs is 2. The van der Waals surface area contributed by atoms with Gasteiger partial charge >= 0.3 is 5.69 Å². The summed E-state index contributed by atoms with van der Waals surface area (Å²) in [5.41, 5.74) is 1.63. The van der Waals surface area contributed by atoms with Crippen molar-refractivity contribution in [2.45, 2.75) is 30.7 Å². The molecule has 2 aromatic carbocycles. The van der Waals surface area contributed by atoms with Crippen LogP contribution in [-0.4, -0.2) is 44.1 Å². The number of para-hydroxylation sites is 1. The predicted molar refractivity (Wildman–Crippen MR) is 115 cm³/mol. The Morgan fingerprint density at radius 2 is 1.87 bits per heavy atom. The topological polar surface area (TPSA) is 100 Å². The Morgan fingerprint density at radius 3 is 2.61 bits per heavy atom. The van der Waals surface area contributed by atoms with E-state index in [1.807, 2.05) is 54.6 Å². The summed E-state index contributed by atoms with van der Waals surface area (Å²) in [6.45, 7) is 0.415. The highest BCUT2D eigenvalue weighted by atomic mass is 16.2. The highest BCUT2D eigenvalue weighted by Gasteiger charge is 2.58. The first-order chi connectivity index (χ1) is 15.0. The average molecular weight is 417 g/mol. The van der Waals surface area contributed by atoms with Crippen molar-refractivity contribution >= 4 is 17.5 Å². The molecular weight excluding hydrogens is 394 g/mol. The molecular formula is C23H23N5O3. The lowest BCUT2D eigenvalue weighted by atomic mass is 9.73. The van der Waals surface area contributed by atoms with Crippen LogP contribution in [0, 0.1) is 0 Å². The molecule has 1 saturated heterocycles. The van der Waals surface area contributed by atoms with E-state index in [9.17, 15) is 14.4 Å². The maximum absolute atomic E-state index is 13.3. The van der Waals surface area contributed by atoms with Crippen molar-refractivity contribution in [1.82, 2.24) is 19.7 Å². The fourth-order valence-electron chi connectivity index (χ4n) is 5.03. The van der Waals surface area contributed by atoms with Crippen molar-refractivity contribution in [3.05, 3.63) is 82.0 Å². The Morgan fingerprint density at radius 1 is 1.13 bits per heavy atom. The van der Waals surface area contributed by atoms with Crippen molar-refractivity contribution in [3.8, 4) is 0 Å². The number of aromatic nitrogens is 3. The van der Waals surface area contributed by atoms with E-state index in [0.29, 0.717) is 19.4 Å². The maximum Gasteiger partial charge on any atom is 0.343 e. The predicted octanol–water partition coefficient (Wildman–Crippen LogP) is 1.85. The van der Waals surface area contributed by atoms with Crippen LogP contribution in [0.25, 0.3) is 0 Å². The standard InChI is InChI=1S/C23H23N5O3/c1-27-22(31)25-19(26-27)20(29)28-14-13-23(16-9-5-6-10-17(16)24-21(23)30)18(28)12-11-15-7-3-2-4-8-15/h2-10,18H,11-14H2,1H3,(H,24,30)(H,25,26,31)/t18-,23+/m0/s1. The Kier molecular flexibility index (Phi) is 4.50. The molecule has 1 aromatic heterocycles. The molecule has 2 atom stereocenters. The second-order valence-corrected chi connectivity index (χ2v) is 8.16. The lowest BCUT2D eigenvalue weighted by molar-refractivity contribution is -0.121. The molecule has 2 aliphatic rings. The van der Waals surface area contributed by atoms with Gasteiger partial charge < -0.3 is 10.2 Å². The van der Waals surface area contributed by atoms with Crippen molar-refractivity contribution in [2.75, 3.05) is 11.9 Å². The van der Waals surface area contributed by atoms with E-state index in [0.717, 1.165) is 27.9 Å². The van der Waals surface area contributed by atoms with Crippen molar-refractivity contribution in [3.63, 3.8) is 0 Å². The van der Waals surface area contributed by atoms with Gasteiger partial charge in [-0.25, -0.2) is 9.48 Å². The molecule has 1 fully saturated rings. The summed E-state index contributed by atoms with van der Waals surface area (Å²) in [5, 5.41) is 7.06. The van der Waals surface area contributed by atoms with E-state index in [1.165, 1.54) is 7.05 Å². The zero-order chi connectivity index (χ0) is 21.6. The monoisotopic (exact) mass is 417 g/mol. The van der Waals surface area contributed by atoms with Gasteiger partial charge in [0.05, 0.1) is 11.5 Å². The van der Waals surface area contributed by atoms with Crippen LogP contribution in [0.15, 0.2) is 59.4 Å². The number of hydrogen-bond donors (Lipinski definition) is 2. The molecule has 0 radical (unpaired) electrons.